The number of benzene rings is 2. The molecule has 42 heavy (non-hydrogen) atoms. The van der Waals surface area contributed by atoms with Gasteiger partial charge in [0.25, 0.3) is 5.56 Å². The fourth-order valence-corrected chi connectivity index (χ4v) is 5.58. The van der Waals surface area contributed by atoms with E-state index < -0.39 is 11.4 Å². The van der Waals surface area contributed by atoms with Crippen LogP contribution in [0.1, 0.15) is 62.9 Å². The van der Waals surface area contributed by atoms with Crippen LogP contribution in [0.3, 0.4) is 0 Å². The van der Waals surface area contributed by atoms with Gasteiger partial charge in [0.05, 0.1) is 24.0 Å². The summed E-state index contributed by atoms with van der Waals surface area (Å²) in [6.45, 7) is 5.77. The number of H-pyrrole nitrogens is 1. The van der Waals surface area contributed by atoms with Crippen molar-refractivity contribution < 1.29 is 14.4 Å². The lowest BCUT2D eigenvalue weighted by molar-refractivity contribution is -0.0894. The third-order valence-electron chi connectivity index (χ3n) is 7.69. The van der Waals surface area contributed by atoms with E-state index in [0.29, 0.717) is 42.8 Å². The molecule has 5 aromatic rings. The summed E-state index contributed by atoms with van der Waals surface area (Å²) in [5.74, 6) is 0.317. The monoisotopic (exact) mass is 570 g/mol. The van der Waals surface area contributed by atoms with Gasteiger partial charge < -0.3 is 9.84 Å². The summed E-state index contributed by atoms with van der Waals surface area (Å²) in [5.41, 5.74) is 4.24. The van der Waals surface area contributed by atoms with E-state index in [-0.39, 0.29) is 24.3 Å². The smallest absolute Gasteiger partial charge is 0.388 e. The van der Waals surface area contributed by atoms with Crippen LogP contribution in [0.2, 0.25) is 0 Å². The number of aryl methyl sites for hydroxylation is 1. The van der Waals surface area contributed by atoms with Gasteiger partial charge in [-0.1, -0.05) is 67.0 Å². The zero-order valence-electron chi connectivity index (χ0n) is 23.9. The van der Waals surface area contributed by atoms with Gasteiger partial charge in [0.1, 0.15) is 6.33 Å². The molecule has 0 aliphatic heterocycles. The fraction of sp³-hybridized carbons (Fsp3) is 0.387. The molecule has 0 bridgehead atoms. The van der Waals surface area contributed by atoms with E-state index >= 15 is 0 Å². The third kappa shape index (κ3) is 5.45. The van der Waals surface area contributed by atoms with E-state index in [1.165, 1.54) is 6.33 Å². The number of ether oxygens (including phenoxy) is 1. The Bertz CT molecular complexity index is 1820. The lowest BCUT2D eigenvalue weighted by Gasteiger charge is -2.37. The number of aromatic nitrogens is 6. The first-order valence-corrected chi connectivity index (χ1v) is 14.3. The molecule has 0 saturated heterocycles. The molecule has 1 aliphatic rings. The minimum atomic E-state index is -0.899. The molecule has 0 atom stereocenters. The van der Waals surface area contributed by atoms with Gasteiger partial charge in [-0.05, 0) is 49.8 Å². The van der Waals surface area contributed by atoms with Gasteiger partial charge in [0, 0.05) is 23.6 Å². The van der Waals surface area contributed by atoms with E-state index in [2.05, 4.69) is 27.1 Å². The van der Waals surface area contributed by atoms with Crippen LogP contribution < -0.4 is 11.3 Å². The average Bonchev–Trinajstić information content (AvgIpc) is 3.60. The first-order chi connectivity index (χ1) is 20.2. The van der Waals surface area contributed by atoms with Gasteiger partial charge >= 0.3 is 5.76 Å². The first-order valence-electron chi connectivity index (χ1n) is 14.3. The normalized spacial score (nSPS) is 17.0. The van der Waals surface area contributed by atoms with Crippen LogP contribution in [0.25, 0.3) is 28.3 Å². The van der Waals surface area contributed by atoms with E-state index in [9.17, 15) is 14.7 Å². The van der Waals surface area contributed by atoms with E-state index in [1.807, 2.05) is 53.0 Å². The molecular weight excluding hydrogens is 536 g/mol. The van der Waals surface area contributed by atoms with E-state index in [4.69, 9.17) is 9.26 Å². The molecule has 0 radical (unpaired) electrons. The molecule has 0 spiro atoms. The molecule has 2 N–H and O–H groups in total. The van der Waals surface area contributed by atoms with Crippen LogP contribution in [-0.4, -0.2) is 52.7 Å². The zero-order valence-corrected chi connectivity index (χ0v) is 23.9. The summed E-state index contributed by atoms with van der Waals surface area (Å²) in [6.07, 6.45) is 4.86. The van der Waals surface area contributed by atoms with Gasteiger partial charge in [-0.3, -0.25) is 18.9 Å². The lowest BCUT2D eigenvalue weighted by atomic mass is 9.88. The van der Waals surface area contributed by atoms with Crippen molar-refractivity contribution in [2.75, 3.05) is 6.61 Å². The van der Waals surface area contributed by atoms with Crippen LogP contribution >= 0.6 is 0 Å². The van der Waals surface area contributed by atoms with Crippen molar-refractivity contribution in [3.63, 3.8) is 0 Å². The van der Waals surface area contributed by atoms with Crippen LogP contribution in [-0.2, 0) is 17.6 Å². The molecule has 6 rings (SSSR count). The topological polar surface area (TPSA) is 141 Å². The van der Waals surface area contributed by atoms with Crippen molar-refractivity contribution in [3.8, 4) is 22.5 Å². The van der Waals surface area contributed by atoms with Crippen molar-refractivity contribution in [2.24, 2.45) is 0 Å². The number of fused-ring (bicyclic) bond motifs is 1. The summed E-state index contributed by atoms with van der Waals surface area (Å²) in [7, 11) is 0. The van der Waals surface area contributed by atoms with Crippen molar-refractivity contribution in [1.29, 1.82) is 0 Å². The summed E-state index contributed by atoms with van der Waals surface area (Å²) < 4.78 is 14.2. The Balaban J connectivity index is 1.31. The highest BCUT2D eigenvalue weighted by atomic mass is 16.5. The van der Waals surface area contributed by atoms with Crippen molar-refractivity contribution in [2.45, 2.75) is 70.6 Å². The summed E-state index contributed by atoms with van der Waals surface area (Å²) in [4.78, 5) is 32.7. The molecule has 1 aliphatic carbocycles. The van der Waals surface area contributed by atoms with Gasteiger partial charge in [-0.15, -0.1) is 0 Å². The highest BCUT2D eigenvalue weighted by Gasteiger charge is 2.35. The number of hydrogen-bond donors (Lipinski definition) is 2. The van der Waals surface area contributed by atoms with E-state index in [0.717, 1.165) is 34.4 Å². The average molecular weight is 571 g/mol. The molecule has 1 fully saturated rings. The Hall–Kier alpha value is -4.35. The Morgan fingerprint density at radius 2 is 1.83 bits per heavy atom. The van der Waals surface area contributed by atoms with Crippen LogP contribution in [0, 0.1) is 0 Å². The number of nitrogens with zero attached hydrogens (tertiary/aromatic N) is 5. The predicted octanol–water partition coefficient (Wildman–Crippen LogP) is 3.94. The molecule has 2 aromatic carbocycles. The maximum Gasteiger partial charge on any atom is 0.439 e. The fourth-order valence-electron chi connectivity index (χ4n) is 5.58. The summed E-state index contributed by atoms with van der Waals surface area (Å²) in [6, 6.07) is 15.7. The van der Waals surface area contributed by atoms with Gasteiger partial charge in [-0.25, -0.2) is 9.31 Å². The van der Waals surface area contributed by atoms with Crippen LogP contribution in [0.15, 0.2) is 69.0 Å². The van der Waals surface area contributed by atoms with Crippen LogP contribution in [0.5, 0.6) is 0 Å². The number of rotatable bonds is 10. The minimum Gasteiger partial charge on any atom is -0.388 e. The van der Waals surface area contributed by atoms with Gasteiger partial charge in [0.2, 0.25) is 5.78 Å². The first kappa shape index (κ1) is 27.8. The maximum absolute atomic E-state index is 14.1. The highest BCUT2D eigenvalue weighted by Crippen LogP contribution is 2.35. The molecule has 0 unspecified atom stereocenters. The number of aromatic amines is 1. The minimum absolute atomic E-state index is 0.0134. The Labute approximate surface area is 241 Å². The summed E-state index contributed by atoms with van der Waals surface area (Å²) in [5, 5.41) is 18.4. The zero-order chi connectivity index (χ0) is 29.4. The molecular formula is C31H34N6O5. The lowest BCUT2D eigenvalue weighted by Crippen LogP contribution is -2.42. The number of hydrogen-bond acceptors (Lipinski definition) is 8. The maximum atomic E-state index is 14.1. The second kappa shape index (κ2) is 11.1. The van der Waals surface area contributed by atoms with Crippen molar-refractivity contribution in [3.05, 3.63) is 92.6 Å². The Morgan fingerprint density at radius 1 is 1.10 bits per heavy atom. The molecule has 11 nitrogen and oxygen atoms in total. The van der Waals surface area contributed by atoms with Crippen LogP contribution in [0.4, 0.5) is 0 Å². The molecule has 3 aromatic heterocycles. The van der Waals surface area contributed by atoms with Gasteiger partial charge in [0.15, 0.2) is 5.82 Å². The van der Waals surface area contributed by atoms with E-state index in [1.54, 1.807) is 18.4 Å². The number of aliphatic hydroxyl groups is 1. The molecule has 0 amide bonds. The molecule has 11 heteroatoms. The van der Waals surface area contributed by atoms with Crippen molar-refractivity contribution in [1.82, 2.24) is 29.3 Å². The summed E-state index contributed by atoms with van der Waals surface area (Å²) >= 11 is 0. The second-order valence-electron chi connectivity index (χ2n) is 11.6. The molecule has 3 heterocycles. The highest BCUT2D eigenvalue weighted by molar-refractivity contribution is 5.80. The Morgan fingerprint density at radius 3 is 2.50 bits per heavy atom. The molecule has 218 valence electrons. The van der Waals surface area contributed by atoms with Crippen molar-refractivity contribution >= 4 is 5.78 Å². The largest absolute Gasteiger partial charge is 0.439 e. The second-order valence-corrected chi connectivity index (χ2v) is 11.6. The Kier molecular flexibility index (Phi) is 7.38. The number of nitrogens with one attached hydrogen (secondary N) is 1. The standard InChI is InChI=1S/C31H34N6O5/c1-4-7-26-25(28(38)36(29-32-18-33-37(26)29)21-15-22(16-21)41-17-31(2,3)40)14-19-10-12-20(13-11-19)23-8-5-6-9-24(23)27-34-30(39)42-35-27/h5-6,8-13,18,21-22,40H,4,7,14-17H2,1-3H3,(H,34,35,39)/t21-,22-. The van der Waals surface area contributed by atoms with Gasteiger partial charge in [-0.2, -0.15) is 10.1 Å². The molecule has 1 saturated carbocycles. The predicted molar refractivity (Wildman–Crippen MR) is 156 cm³/mol. The third-order valence-corrected chi connectivity index (χ3v) is 7.69. The quantitative estimate of drug-likeness (QED) is 0.257. The SMILES string of the molecule is CCCc1c(Cc2ccc(-c3ccccc3-c3noc(=O)[nH]3)cc2)c(=O)n([C@H]2C[C@H](OCC(C)(C)O)C2)c2ncnn12.